The van der Waals surface area contributed by atoms with Crippen LogP contribution in [0.15, 0.2) is 24.5 Å². The molecule has 1 aliphatic rings. The average molecular weight is 372 g/mol. The second-order valence-corrected chi connectivity index (χ2v) is 6.49. The Labute approximate surface area is 155 Å². The number of imidazole rings is 1. The zero-order valence-corrected chi connectivity index (χ0v) is 15.0. The second-order valence-electron chi connectivity index (χ2n) is 6.49. The van der Waals surface area contributed by atoms with E-state index in [1.165, 1.54) is 12.1 Å². The normalized spacial score (nSPS) is 15.3. The third-order valence-electron chi connectivity index (χ3n) is 4.67. The molecule has 27 heavy (non-hydrogen) atoms. The lowest BCUT2D eigenvalue weighted by Gasteiger charge is -2.26. The number of fused-ring (bicyclic) bond motifs is 1. The predicted octanol–water partition coefficient (Wildman–Crippen LogP) is 1.62. The van der Waals surface area contributed by atoms with Gasteiger partial charge in [-0.1, -0.05) is 0 Å². The zero-order chi connectivity index (χ0) is 18.8. The smallest absolute Gasteiger partial charge is 0.176 e. The summed E-state index contributed by atoms with van der Waals surface area (Å²) in [5.41, 5.74) is 2.26. The maximum Gasteiger partial charge on any atom is 0.176 e. The number of rotatable bonds is 5. The number of hydrogen-bond donors (Lipinski definition) is 2. The van der Waals surface area contributed by atoms with E-state index in [0.717, 1.165) is 44.4 Å². The molecule has 0 amide bonds. The van der Waals surface area contributed by atoms with Crippen LogP contribution in [-0.2, 0) is 11.8 Å². The highest BCUT2D eigenvalue weighted by Gasteiger charge is 2.18. The van der Waals surface area contributed by atoms with Crippen molar-refractivity contribution in [3.05, 3.63) is 30.3 Å². The highest BCUT2D eigenvalue weighted by molar-refractivity contribution is 5.96. The molecule has 0 atom stereocenters. The van der Waals surface area contributed by atoms with Crippen LogP contribution in [0.1, 0.15) is 0 Å². The fraction of sp³-hybridized carbons (Fsp3) is 0.389. The molecule has 0 saturated carbocycles. The van der Waals surface area contributed by atoms with Crippen LogP contribution in [-0.4, -0.2) is 69.1 Å². The molecule has 0 unspecified atom stereocenters. The van der Waals surface area contributed by atoms with Gasteiger partial charge in [-0.05, 0) is 12.1 Å². The van der Waals surface area contributed by atoms with Crippen LogP contribution in [0.4, 0.5) is 10.2 Å². The minimum Gasteiger partial charge on any atom is -0.507 e. The number of halogens is 1. The molecule has 1 aliphatic heterocycles. The summed E-state index contributed by atoms with van der Waals surface area (Å²) in [6.07, 6.45) is 1.67. The molecule has 1 aromatic carbocycles. The Morgan fingerprint density at radius 3 is 2.85 bits per heavy atom. The van der Waals surface area contributed by atoms with Crippen molar-refractivity contribution in [2.45, 2.75) is 0 Å². The van der Waals surface area contributed by atoms with Crippen molar-refractivity contribution < 1.29 is 14.2 Å². The van der Waals surface area contributed by atoms with E-state index in [1.54, 1.807) is 6.33 Å². The topological polar surface area (TPSA) is 88.3 Å². The lowest BCUT2D eigenvalue weighted by Crippen LogP contribution is -2.39. The van der Waals surface area contributed by atoms with Gasteiger partial charge in [-0.2, -0.15) is 0 Å². The van der Waals surface area contributed by atoms with Crippen LogP contribution in [0.3, 0.4) is 0 Å². The van der Waals surface area contributed by atoms with Crippen LogP contribution in [0.2, 0.25) is 0 Å². The monoisotopic (exact) mass is 372 g/mol. The van der Waals surface area contributed by atoms with E-state index in [9.17, 15) is 9.50 Å². The number of nitrogens with one attached hydrogen (secondary N) is 1. The van der Waals surface area contributed by atoms with E-state index in [-0.39, 0.29) is 5.75 Å². The number of aryl methyl sites for hydroxylation is 1. The summed E-state index contributed by atoms with van der Waals surface area (Å²) >= 11 is 0. The molecule has 3 aromatic rings. The van der Waals surface area contributed by atoms with Gasteiger partial charge in [0.15, 0.2) is 5.82 Å². The highest BCUT2D eigenvalue weighted by atomic mass is 19.1. The van der Waals surface area contributed by atoms with Crippen LogP contribution in [0.5, 0.6) is 5.75 Å². The van der Waals surface area contributed by atoms with Gasteiger partial charge in [0.25, 0.3) is 0 Å². The molecule has 8 nitrogen and oxygen atoms in total. The number of phenolic OH excluding ortho intramolecular Hbond substituents is 1. The predicted molar refractivity (Wildman–Crippen MR) is 99.1 cm³/mol. The number of aromatic hydroxyl groups is 1. The molecule has 0 spiro atoms. The summed E-state index contributed by atoms with van der Waals surface area (Å²) in [7, 11) is 1.85. The van der Waals surface area contributed by atoms with Gasteiger partial charge in [0.1, 0.15) is 28.3 Å². The van der Waals surface area contributed by atoms with Crippen LogP contribution >= 0.6 is 0 Å². The lowest BCUT2D eigenvalue weighted by molar-refractivity contribution is 0.0398. The number of anilines is 1. The number of ether oxygens (including phenoxy) is 1. The number of phenols is 1. The molecule has 1 fully saturated rings. The maximum absolute atomic E-state index is 13.3. The van der Waals surface area contributed by atoms with Crippen molar-refractivity contribution in [1.29, 1.82) is 0 Å². The van der Waals surface area contributed by atoms with E-state index in [2.05, 4.69) is 25.4 Å². The summed E-state index contributed by atoms with van der Waals surface area (Å²) in [5.74, 6) is -0.101. The van der Waals surface area contributed by atoms with Crippen molar-refractivity contribution in [2.75, 3.05) is 44.7 Å². The molecule has 0 aliphatic carbocycles. The fourth-order valence-corrected chi connectivity index (χ4v) is 3.24. The van der Waals surface area contributed by atoms with Gasteiger partial charge in [-0.25, -0.2) is 9.37 Å². The SMILES string of the molecule is Cn1cnc2c(NCCN3CCOCC3)nnc(-c3ccc(F)cc3O)c21. The Balaban J connectivity index is 1.60. The molecule has 0 bridgehead atoms. The van der Waals surface area contributed by atoms with E-state index in [4.69, 9.17) is 4.74 Å². The van der Waals surface area contributed by atoms with Gasteiger partial charge in [0.2, 0.25) is 0 Å². The molecular formula is C18H21FN6O2. The zero-order valence-electron chi connectivity index (χ0n) is 15.0. The van der Waals surface area contributed by atoms with Crippen molar-refractivity contribution in [2.24, 2.45) is 7.05 Å². The first-order valence-corrected chi connectivity index (χ1v) is 8.84. The maximum atomic E-state index is 13.3. The van der Waals surface area contributed by atoms with E-state index in [1.807, 2.05) is 11.6 Å². The molecule has 142 valence electrons. The van der Waals surface area contributed by atoms with Crippen LogP contribution in [0, 0.1) is 5.82 Å². The number of benzene rings is 1. The summed E-state index contributed by atoms with van der Waals surface area (Å²) in [5, 5.41) is 21.9. The van der Waals surface area contributed by atoms with Gasteiger partial charge < -0.3 is 19.7 Å². The first-order valence-electron chi connectivity index (χ1n) is 8.84. The molecule has 2 aromatic heterocycles. The third-order valence-corrected chi connectivity index (χ3v) is 4.67. The molecular weight excluding hydrogens is 351 g/mol. The van der Waals surface area contributed by atoms with E-state index < -0.39 is 5.82 Å². The largest absolute Gasteiger partial charge is 0.507 e. The van der Waals surface area contributed by atoms with Gasteiger partial charge in [-0.3, -0.25) is 4.90 Å². The van der Waals surface area contributed by atoms with Crippen LogP contribution in [0.25, 0.3) is 22.3 Å². The number of nitrogens with zero attached hydrogens (tertiary/aromatic N) is 5. The molecule has 9 heteroatoms. The minimum absolute atomic E-state index is 0.181. The van der Waals surface area contributed by atoms with Crippen LogP contribution < -0.4 is 5.32 Å². The Bertz CT molecular complexity index is 954. The van der Waals surface area contributed by atoms with Crippen molar-refractivity contribution in [3.63, 3.8) is 0 Å². The quantitative estimate of drug-likeness (QED) is 0.704. The van der Waals surface area contributed by atoms with E-state index >= 15 is 0 Å². The Morgan fingerprint density at radius 1 is 1.26 bits per heavy atom. The summed E-state index contributed by atoms with van der Waals surface area (Å²) in [6.45, 7) is 4.96. The van der Waals surface area contributed by atoms with Gasteiger partial charge >= 0.3 is 0 Å². The van der Waals surface area contributed by atoms with Gasteiger partial charge in [-0.15, -0.1) is 10.2 Å². The number of hydrogen-bond acceptors (Lipinski definition) is 7. The molecule has 0 radical (unpaired) electrons. The van der Waals surface area contributed by atoms with Crippen molar-refractivity contribution in [1.82, 2.24) is 24.6 Å². The Hall–Kier alpha value is -2.78. The summed E-state index contributed by atoms with van der Waals surface area (Å²) in [4.78, 5) is 6.75. The standard InChI is InChI=1S/C18H21FN6O2/c1-24-11-21-16-17(24)15(13-3-2-12(19)10-14(13)26)22-23-18(16)20-4-5-25-6-8-27-9-7-25/h2-3,10-11,26H,4-9H2,1H3,(H,20,23). The Kier molecular flexibility index (Phi) is 4.87. The average Bonchev–Trinajstić information content (AvgIpc) is 3.06. The fourth-order valence-electron chi connectivity index (χ4n) is 3.24. The van der Waals surface area contributed by atoms with Crippen molar-refractivity contribution >= 4 is 16.9 Å². The first kappa shape index (κ1) is 17.6. The molecule has 2 N–H and O–H groups in total. The molecule has 3 heterocycles. The molecule has 4 rings (SSSR count). The second kappa shape index (κ2) is 7.45. The summed E-state index contributed by atoms with van der Waals surface area (Å²) in [6, 6.07) is 3.84. The third kappa shape index (κ3) is 3.56. The van der Waals surface area contributed by atoms with Gasteiger partial charge in [0, 0.05) is 44.9 Å². The van der Waals surface area contributed by atoms with E-state index in [0.29, 0.717) is 29.1 Å². The minimum atomic E-state index is -0.508. The summed E-state index contributed by atoms with van der Waals surface area (Å²) < 4.78 is 20.5. The first-order chi connectivity index (χ1) is 13.1. The Morgan fingerprint density at radius 2 is 2.07 bits per heavy atom. The lowest BCUT2D eigenvalue weighted by atomic mass is 10.1. The highest BCUT2D eigenvalue weighted by Crippen LogP contribution is 2.34. The molecule has 1 saturated heterocycles. The van der Waals surface area contributed by atoms with Gasteiger partial charge in [0.05, 0.1) is 19.5 Å². The number of morpholine rings is 1. The number of aromatic nitrogens is 4. The van der Waals surface area contributed by atoms with Crippen molar-refractivity contribution in [3.8, 4) is 17.0 Å².